The number of rotatable bonds is 2. The van der Waals surface area contributed by atoms with Gasteiger partial charge in [-0.2, -0.15) is 0 Å². The second kappa shape index (κ2) is 4.83. The Morgan fingerprint density at radius 1 is 1.29 bits per heavy atom. The van der Waals surface area contributed by atoms with Crippen LogP contribution in [-0.2, 0) is 0 Å². The fourth-order valence-corrected chi connectivity index (χ4v) is 1.33. The Morgan fingerprint density at radius 3 is 2.57 bits per heavy atom. The third-order valence-corrected chi connectivity index (χ3v) is 2.46. The average Bonchev–Trinajstić information content (AvgIpc) is 2.18. The molecule has 1 aromatic rings. The molecule has 0 bridgehead atoms. The third-order valence-electron chi connectivity index (χ3n) is 2.46. The lowest BCUT2D eigenvalue weighted by atomic mass is 10.00. The molecular formula is C13H17N. The second-order valence-electron chi connectivity index (χ2n) is 3.58. The van der Waals surface area contributed by atoms with Gasteiger partial charge in [0, 0.05) is 12.5 Å². The van der Waals surface area contributed by atoms with Crippen molar-refractivity contribution in [1.82, 2.24) is 0 Å². The first-order valence-corrected chi connectivity index (χ1v) is 4.87. The maximum atomic E-state index is 6.00. The van der Waals surface area contributed by atoms with Gasteiger partial charge in [0.2, 0.25) is 0 Å². The van der Waals surface area contributed by atoms with E-state index in [2.05, 4.69) is 43.9 Å². The Kier molecular flexibility index (Phi) is 3.73. The first-order chi connectivity index (χ1) is 6.65. The smallest absolute Gasteiger partial charge is 0.0405 e. The second-order valence-corrected chi connectivity index (χ2v) is 3.58. The van der Waals surface area contributed by atoms with Crippen molar-refractivity contribution in [2.75, 3.05) is 0 Å². The van der Waals surface area contributed by atoms with Crippen molar-refractivity contribution in [3.05, 3.63) is 34.9 Å². The fraction of sp³-hybridized carbons (Fsp3) is 0.385. The van der Waals surface area contributed by atoms with Gasteiger partial charge in [-0.05, 0) is 37.5 Å². The van der Waals surface area contributed by atoms with Gasteiger partial charge in [-0.3, -0.25) is 0 Å². The van der Waals surface area contributed by atoms with Crippen LogP contribution in [0.15, 0.2) is 18.2 Å². The van der Waals surface area contributed by atoms with Crippen LogP contribution in [0.2, 0.25) is 0 Å². The van der Waals surface area contributed by atoms with E-state index in [9.17, 15) is 0 Å². The molecular weight excluding hydrogens is 170 g/mol. The van der Waals surface area contributed by atoms with Crippen molar-refractivity contribution in [2.45, 2.75) is 33.2 Å². The highest BCUT2D eigenvalue weighted by Crippen LogP contribution is 2.17. The van der Waals surface area contributed by atoms with Crippen LogP contribution in [0.1, 0.15) is 36.1 Å². The van der Waals surface area contributed by atoms with Crippen LogP contribution in [0.5, 0.6) is 0 Å². The van der Waals surface area contributed by atoms with Crippen molar-refractivity contribution in [3.63, 3.8) is 0 Å². The number of hydrogen-bond acceptors (Lipinski definition) is 1. The van der Waals surface area contributed by atoms with Gasteiger partial charge in [-0.15, -0.1) is 11.8 Å². The molecule has 0 aliphatic heterocycles. The average molecular weight is 187 g/mol. The van der Waals surface area contributed by atoms with E-state index >= 15 is 0 Å². The first-order valence-electron chi connectivity index (χ1n) is 4.87. The van der Waals surface area contributed by atoms with Crippen LogP contribution in [-0.4, -0.2) is 0 Å². The highest BCUT2D eigenvalue weighted by atomic mass is 14.6. The Bertz CT molecular complexity index is 369. The van der Waals surface area contributed by atoms with Crippen LogP contribution in [0.4, 0.5) is 0 Å². The highest BCUT2D eigenvalue weighted by Gasteiger charge is 2.04. The summed E-state index contributed by atoms with van der Waals surface area (Å²) in [5.41, 5.74) is 9.78. The molecule has 0 radical (unpaired) electrons. The van der Waals surface area contributed by atoms with Gasteiger partial charge in [-0.25, -0.2) is 0 Å². The Morgan fingerprint density at radius 2 is 2.00 bits per heavy atom. The molecule has 14 heavy (non-hydrogen) atoms. The van der Waals surface area contributed by atoms with Crippen LogP contribution in [0.25, 0.3) is 0 Å². The molecule has 1 rings (SSSR count). The van der Waals surface area contributed by atoms with E-state index in [-0.39, 0.29) is 6.04 Å². The molecule has 0 aromatic heterocycles. The molecule has 2 N–H and O–H groups in total. The molecule has 0 aliphatic rings. The maximum Gasteiger partial charge on any atom is 0.0405 e. The van der Waals surface area contributed by atoms with E-state index in [4.69, 9.17) is 5.73 Å². The minimum atomic E-state index is 0.0433. The molecule has 1 nitrogen and oxygen atoms in total. The zero-order valence-electron chi connectivity index (χ0n) is 9.09. The van der Waals surface area contributed by atoms with E-state index in [0.717, 1.165) is 6.42 Å². The fourth-order valence-electron chi connectivity index (χ4n) is 1.33. The van der Waals surface area contributed by atoms with Gasteiger partial charge in [0.05, 0.1) is 0 Å². The highest BCUT2D eigenvalue weighted by molar-refractivity contribution is 5.32. The van der Waals surface area contributed by atoms with Gasteiger partial charge >= 0.3 is 0 Å². The van der Waals surface area contributed by atoms with Crippen LogP contribution < -0.4 is 5.73 Å². The molecule has 1 aromatic carbocycles. The van der Waals surface area contributed by atoms with E-state index in [0.29, 0.717) is 0 Å². The Hall–Kier alpha value is -1.26. The van der Waals surface area contributed by atoms with Crippen molar-refractivity contribution in [1.29, 1.82) is 0 Å². The summed E-state index contributed by atoms with van der Waals surface area (Å²) in [6, 6.07) is 6.40. The summed E-state index contributed by atoms with van der Waals surface area (Å²) in [6.45, 7) is 6.06. The summed E-state index contributed by atoms with van der Waals surface area (Å²) in [6.07, 6.45) is 0.735. The van der Waals surface area contributed by atoms with Crippen molar-refractivity contribution in [3.8, 4) is 11.8 Å². The summed E-state index contributed by atoms with van der Waals surface area (Å²) < 4.78 is 0. The van der Waals surface area contributed by atoms with Gasteiger partial charge in [0.25, 0.3) is 0 Å². The standard InChI is InChI=1S/C13H17N/c1-4-5-6-13(14)12-8-7-10(2)11(3)9-12/h7-9,13H,6,14H2,1-3H3. The molecule has 0 fully saturated rings. The predicted molar refractivity (Wildman–Crippen MR) is 60.9 cm³/mol. The summed E-state index contributed by atoms with van der Waals surface area (Å²) in [5, 5.41) is 0. The largest absolute Gasteiger partial charge is 0.323 e. The van der Waals surface area contributed by atoms with Gasteiger partial charge in [-0.1, -0.05) is 18.2 Å². The lowest BCUT2D eigenvalue weighted by Crippen LogP contribution is -2.09. The molecule has 0 heterocycles. The van der Waals surface area contributed by atoms with Gasteiger partial charge in [0.15, 0.2) is 0 Å². The zero-order valence-corrected chi connectivity index (χ0v) is 9.09. The molecule has 1 heteroatoms. The minimum Gasteiger partial charge on any atom is -0.323 e. The molecule has 0 saturated carbocycles. The van der Waals surface area contributed by atoms with Crippen LogP contribution in [0, 0.1) is 25.7 Å². The van der Waals surface area contributed by atoms with Gasteiger partial charge < -0.3 is 5.73 Å². The first kappa shape index (κ1) is 10.8. The summed E-state index contributed by atoms with van der Waals surface area (Å²) in [4.78, 5) is 0. The van der Waals surface area contributed by atoms with E-state index in [1.54, 1.807) is 0 Å². The number of aryl methyl sites for hydroxylation is 2. The molecule has 0 saturated heterocycles. The minimum absolute atomic E-state index is 0.0433. The predicted octanol–water partition coefficient (Wildman–Crippen LogP) is 2.72. The normalized spacial score (nSPS) is 11.7. The zero-order chi connectivity index (χ0) is 10.6. The maximum absolute atomic E-state index is 6.00. The molecule has 0 aliphatic carbocycles. The lowest BCUT2D eigenvalue weighted by molar-refractivity contribution is 0.752. The molecule has 1 unspecified atom stereocenters. The number of hydrogen-bond donors (Lipinski definition) is 1. The Balaban J connectivity index is 2.83. The molecule has 74 valence electrons. The summed E-state index contributed by atoms with van der Waals surface area (Å²) in [5.74, 6) is 5.87. The van der Waals surface area contributed by atoms with Crippen molar-refractivity contribution >= 4 is 0 Å². The van der Waals surface area contributed by atoms with Crippen LogP contribution in [0.3, 0.4) is 0 Å². The topological polar surface area (TPSA) is 26.0 Å². The summed E-state index contributed by atoms with van der Waals surface area (Å²) >= 11 is 0. The SMILES string of the molecule is CC#CCC(N)c1ccc(C)c(C)c1. The van der Waals surface area contributed by atoms with E-state index in [1.807, 2.05) is 6.92 Å². The number of benzene rings is 1. The van der Waals surface area contributed by atoms with Crippen molar-refractivity contribution < 1.29 is 0 Å². The monoisotopic (exact) mass is 187 g/mol. The molecule has 0 amide bonds. The lowest BCUT2D eigenvalue weighted by Gasteiger charge is -2.10. The number of nitrogens with two attached hydrogens (primary N) is 1. The van der Waals surface area contributed by atoms with Crippen molar-refractivity contribution in [2.24, 2.45) is 5.73 Å². The van der Waals surface area contributed by atoms with Crippen LogP contribution >= 0.6 is 0 Å². The van der Waals surface area contributed by atoms with E-state index < -0.39 is 0 Å². The Labute approximate surface area is 86.3 Å². The molecule has 0 spiro atoms. The van der Waals surface area contributed by atoms with Gasteiger partial charge in [0.1, 0.15) is 0 Å². The summed E-state index contributed by atoms with van der Waals surface area (Å²) in [7, 11) is 0. The van der Waals surface area contributed by atoms with E-state index in [1.165, 1.54) is 16.7 Å². The third kappa shape index (κ3) is 2.61. The molecule has 1 atom stereocenters. The quantitative estimate of drug-likeness (QED) is 0.708.